The summed E-state index contributed by atoms with van der Waals surface area (Å²) in [7, 11) is 3.84. The molecule has 0 aliphatic carbocycles. The lowest BCUT2D eigenvalue weighted by molar-refractivity contribution is 0.0475. The van der Waals surface area contributed by atoms with Gasteiger partial charge in [-0.2, -0.15) is 0 Å². The molecule has 0 N–H and O–H groups in total. The third kappa shape index (κ3) is 3.92. The van der Waals surface area contributed by atoms with Gasteiger partial charge in [0.15, 0.2) is 12.4 Å². The van der Waals surface area contributed by atoms with E-state index in [9.17, 15) is 9.59 Å². The van der Waals surface area contributed by atoms with E-state index >= 15 is 0 Å². The van der Waals surface area contributed by atoms with Gasteiger partial charge in [0.25, 0.3) is 0 Å². The van der Waals surface area contributed by atoms with Gasteiger partial charge in [0.1, 0.15) is 0 Å². The summed E-state index contributed by atoms with van der Waals surface area (Å²) in [6.45, 7) is -0.252. The lowest BCUT2D eigenvalue weighted by Gasteiger charge is -2.12. The van der Waals surface area contributed by atoms with Gasteiger partial charge in [0.05, 0.1) is 5.56 Å². The number of carbonyl (C=O) groups is 2. The Morgan fingerprint density at radius 1 is 0.905 bits per heavy atom. The maximum absolute atomic E-state index is 11.9. The largest absolute Gasteiger partial charge is 0.454 e. The third-order valence-electron chi connectivity index (χ3n) is 3.05. The van der Waals surface area contributed by atoms with Crippen LogP contribution in [0.2, 0.25) is 0 Å². The zero-order valence-corrected chi connectivity index (χ0v) is 12.1. The number of rotatable bonds is 5. The van der Waals surface area contributed by atoms with E-state index in [1.165, 1.54) is 0 Å². The van der Waals surface area contributed by atoms with E-state index in [4.69, 9.17) is 4.74 Å². The molecule has 0 saturated carbocycles. The Morgan fingerprint density at radius 3 is 2.10 bits per heavy atom. The Hall–Kier alpha value is -2.62. The zero-order valence-electron chi connectivity index (χ0n) is 12.1. The van der Waals surface area contributed by atoms with Crippen molar-refractivity contribution in [3.05, 3.63) is 65.7 Å². The van der Waals surface area contributed by atoms with Crippen molar-refractivity contribution in [1.82, 2.24) is 0 Å². The van der Waals surface area contributed by atoms with E-state index in [-0.39, 0.29) is 12.4 Å². The molecule has 0 amide bonds. The summed E-state index contributed by atoms with van der Waals surface area (Å²) in [5, 5.41) is 0. The van der Waals surface area contributed by atoms with Crippen molar-refractivity contribution in [2.75, 3.05) is 25.6 Å². The fourth-order valence-corrected chi connectivity index (χ4v) is 1.82. The van der Waals surface area contributed by atoms with Gasteiger partial charge in [-0.15, -0.1) is 0 Å². The number of esters is 1. The van der Waals surface area contributed by atoms with E-state index < -0.39 is 5.97 Å². The molecule has 0 atom stereocenters. The molecule has 4 nitrogen and oxygen atoms in total. The summed E-state index contributed by atoms with van der Waals surface area (Å²) in [5.74, 6) is -0.710. The first kappa shape index (κ1) is 14.8. The molecular weight excluding hydrogens is 266 g/mol. The summed E-state index contributed by atoms with van der Waals surface area (Å²) >= 11 is 0. The number of hydrogen-bond donors (Lipinski definition) is 0. The van der Waals surface area contributed by atoms with Crippen LogP contribution in [-0.2, 0) is 4.74 Å². The van der Waals surface area contributed by atoms with Crippen molar-refractivity contribution >= 4 is 17.4 Å². The topological polar surface area (TPSA) is 46.6 Å². The van der Waals surface area contributed by atoms with Crippen LogP contribution in [0.25, 0.3) is 0 Å². The molecule has 0 radical (unpaired) electrons. The maximum Gasteiger partial charge on any atom is 0.338 e. The molecule has 2 aromatic carbocycles. The maximum atomic E-state index is 11.9. The minimum atomic E-state index is -0.496. The Labute approximate surface area is 124 Å². The lowest BCUT2D eigenvalue weighted by Crippen LogP contribution is -2.14. The number of ether oxygens (including phenoxy) is 1. The predicted octanol–water partition coefficient (Wildman–Crippen LogP) is 2.79. The summed E-state index contributed by atoms with van der Waals surface area (Å²) < 4.78 is 5.04. The van der Waals surface area contributed by atoms with E-state index in [1.54, 1.807) is 36.4 Å². The monoisotopic (exact) mass is 283 g/mol. The molecule has 0 aliphatic heterocycles. The highest BCUT2D eigenvalue weighted by atomic mass is 16.5. The van der Waals surface area contributed by atoms with Gasteiger partial charge in [-0.3, -0.25) is 4.79 Å². The Kier molecular flexibility index (Phi) is 4.72. The number of nitrogens with zero attached hydrogens (tertiary/aromatic N) is 1. The summed E-state index contributed by atoms with van der Waals surface area (Å²) in [5.41, 5.74) is 1.96. The standard InChI is InChI=1S/C17H17NO3/c1-18(2)15-10-8-14(9-11-15)17(20)21-12-16(19)13-6-4-3-5-7-13/h3-11H,12H2,1-2H3. The minimum Gasteiger partial charge on any atom is -0.454 e. The van der Waals surface area contributed by atoms with Gasteiger partial charge in [0, 0.05) is 25.3 Å². The molecule has 0 spiro atoms. The highest BCUT2D eigenvalue weighted by molar-refractivity contribution is 5.99. The highest BCUT2D eigenvalue weighted by Crippen LogP contribution is 2.13. The molecule has 0 saturated heterocycles. The molecular formula is C17H17NO3. The van der Waals surface area contributed by atoms with E-state index in [1.807, 2.05) is 37.2 Å². The van der Waals surface area contributed by atoms with Crippen molar-refractivity contribution in [2.24, 2.45) is 0 Å². The van der Waals surface area contributed by atoms with Crippen molar-refractivity contribution in [2.45, 2.75) is 0 Å². The molecule has 21 heavy (non-hydrogen) atoms. The van der Waals surface area contributed by atoms with E-state index in [0.717, 1.165) is 5.69 Å². The van der Waals surface area contributed by atoms with Crippen LogP contribution < -0.4 is 4.90 Å². The first-order valence-electron chi connectivity index (χ1n) is 6.60. The highest BCUT2D eigenvalue weighted by Gasteiger charge is 2.11. The van der Waals surface area contributed by atoms with Crippen LogP contribution in [0.15, 0.2) is 54.6 Å². The van der Waals surface area contributed by atoms with Crippen molar-refractivity contribution in [1.29, 1.82) is 0 Å². The average molecular weight is 283 g/mol. The summed E-state index contributed by atoms with van der Waals surface area (Å²) in [6.07, 6.45) is 0. The third-order valence-corrected chi connectivity index (χ3v) is 3.05. The van der Waals surface area contributed by atoms with Crippen molar-refractivity contribution < 1.29 is 14.3 Å². The SMILES string of the molecule is CN(C)c1ccc(C(=O)OCC(=O)c2ccccc2)cc1. The Bertz CT molecular complexity index is 618. The first-order chi connectivity index (χ1) is 10.1. The molecule has 0 bridgehead atoms. The first-order valence-corrected chi connectivity index (χ1v) is 6.60. The number of benzene rings is 2. The second kappa shape index (κ2) is 6.70. The Morgan fingerprint density at radius 2 is 1.52 bits per heavy atom. The van der Waals surface area contributed by atoms with Crippen LogP contribution in [-0.4, -0.2) is 32.5 Å². The summed E-state index contributed by atoms with van der Waals surface area (Å²) in [6, 6.07) is 15.8. The van der Waals surface area contributed by atoms with Gasteiger partial charge in [-0.25, -0.2) is 4.79 Å². The van der Waals surface area contributed by atoms with Crippen LogP contribution in [0, 0.1) is 0 Å². The molecule has 2 rings (SSSR count). The minimum absolute atomic E-state index is 0.214. The average Bonchev–Trinajstić information content (AvgIpc) is 2.53. The lowest BCUT2D eigenvalue weighted by atomic mass is 10.1. The number of hydrogen-bond acceptors (Lipinski definition) is 4. The number of ketones is 1. The van der Waals surface area contributed by atoms with E-state index in [0.29, 0.717) is 11.1 Å². The number of carbonyl (C=O) groups excluding carboxylic acids is 2. The van der Waals surface area contributed by atoms with Crippen molar-refractivity contribution in [3.8, 4) is 0 Å². The van der Waals surface area contributed by atoms with Crippen LogP contribution >= 0.6 is 0 Å². The quantitative estimate of drug-likeness (QED) is 0.625. The smallest absolute Gasteiger partial charge is 0.338 e. The molecule has 2 aromatic rings. The van der Waals surface area contributed by atoms with Crippen LogP contribution in [0.1, 0.15) is 20.7 Å². The molecule has 108 valence electrons. The van der Waals surface area contributed by atoms with Gasteiger partial charge in [0.2, 0.25) is 0 Å². The molecule has 0 unspecified atom stereocenters. The van der Waals surface area contributed by atoms with Gasteiger partial charge >= 0.3 is 5.97 Å². The molecule has 0 aliphatic rings. The molecule has 4 heteroatoms. The predicted molar refractivity (Wildman–Crippen MR) is 81.8 cm³/mol. The van der Waals surface area contributed by atoms with Gasteiger partial charge < -0.3 is 9.64 Å². The Balaban J connectivity index is 1.94. The zero-order chi connectivity index (χ0) is 15.2. The second-order valence-electron chi connectivity index (χ2n) is 4.81. The number of anilines is 1. The van der Waals surface area contributed by atoms with Gasteiger partial charge in [-0.1, -0.05) is 30.3 Å². The van der Waals surface area contributed by atoms with Gasteiger partial charge in [-0.05, 0) is 24.3 Å². The van der Waals surface area contributed by atoms with Crippen LogP contribution in [0.3, 0.4) is 0 Å². The van der Waals surface area contributed by atoms with Crippen LogP contribution in [0.4, 0.5) is 5.69 Å². The van der Waals surface area contributed by atoms with Crippen LogP contribution in [0.5, 0.6) is 0 Å². The summed E-state index contributed by atoms with van der Waals surface area (Å²) in [4.78, 5) is 25.7. The second-order valence-corrected chi connectivity index (χ2v) is 4.81. The number of Topliss-reactive ketones (excluding diaryl/α,β-unsaturated/α-hetero) is 1. The van der Waals surface area contributed by atoms with Crippen molar-refractivity contribution in [3.63, 3.8) is 0 Å². The fraction of sp³-hybridized carbons (Fsp3) is 0.176. The molecule has 0 aromatic heterocycles. The fourth-order valence-electron chi connectivity index (χ4n) is 1.82. The van der Waals surface area contributed by atoms with E-state index in [2.05, 4.69) is 0 Å². The normalized spacial score (nSPS) is 10.0. The molecule has 0 heterocycles. The molecule has 0 fully saturated rings.